The van der Waals surface area contributed by atoms with Gasteiger partial charge in [-0.1, -0.05) is 19.4 Å². The van der Waals surface area contributed by atoms with Gasteiger partial charge in [0.1, 0.15) is 0 Å². The van der Waals surface area contributed by atoms with Gasteiger partial charge < -0.3 is 10.1 Å². The zero-order chi connectivity index (χ0) is 19.6. The van der Waals surface area contributed by atoms with Crippen LogP contribution in [-0.4, -0.2) is 44.3 Å². The molecule has 0 radical (unpaired) electrons. The number of rotatable bonds is 6. The van der Waals surface area contributed by atoms with Crippen LogP contribution in [-0.2, 0) is 24.3 Å². The quantitative estimate of drug-likeness (QED) is 0.748. The van der Waals surface area contributed by atoms with E-state index >= 15 is 0 Å². The summed E-state index contributed by atoms with van der Waals surface area (Å²) in [5, 5.41) is 2.65. The summed E-state index contributed by atoms with van der Waals surface area (Å²) in [5.41, 5.74) is 1.15. The van der Waals surface area contributed by atoms with Crippen LogP contribution in [0.5, 0.6) is 0 Å². The van der Waals surface area contributed by atoms with Crippen molar-refractivity contribution < 1.29 is 22.7 Å². The summed E-state index contributed by atoms with van der Waals surface area (Å²) in [6.45, 7) is 4.42. The van der Waals surface area contributed by atoms with E-state index < -0.39 is 15.9 Å². The molecule has 2 atom stereocenters. The monoisotopic (exact) mass is 394 g/mol. The van der Waals surface area contributed by atoms with Crippen molar-refractivity contribution in [1.82, 2.24) is 4.31 Å². The second-order valence-electron chi connectivity index (χ2n) is 7.42. The standard InChI is InChI=1S/C19H26N2O5S/c1-13-6-7-15(27(24,25)21-8-4-3-5-9-21)11-17(13)20-18(22)12-26-19(23)16-10-14(16)2/h6-7,11,14,16H,3-5,8-10,12H2,1-2H3,(H,20,22)/t14-,16-/m0/s1. The third-order valence-corrected chi connectivity index (χ3v) is 7.09. The number of carbonyl (C=O) groups is 2. The van der Waals surface area contributed by atoms with Gasteiger partial charge in [0.25, 0.3) is 5.91 Å². The number of ether oxygens (including phenoxy) is 1. The number of hydrogen-bond donors (Lipinski definition) is 1. The predicted molar refractivity (Wildman–Crippen MR) is 101 cm³/mol. The Kier molecular flexibility index (Phi) is 5.86. The number of esters is 1. The lowest BCUT2D eigenvalue weighted by molar-refractivity contribution is -0.148. The number of sulfonamides is 1. The first-order chi connectivity index (χ1) is 12.8. The van der Waals surface area contributed by atoms with Crippen LogP contribution in [0.15, 0.2) is 23.1 Å². The van der Waals surface area contributed by atoms with E-state index in [9.17, 15) is 18.0 Å². The van der Waals surface area contributed by atoms with E-state index in [-0.39, 0.29) is 23.4 Å². The van der Waals surface area contributed by atoms with Crippen LogP contribution in [0.4, 0.5) is 5.69 Å². The minimum Gasteiger partial charge on any atom is -0.455 e. The van der Waals surface area contributed by atoms with Crippen molar-refractivity contribution in [2.24, 2.45) is 11.8 Å². The Hall–Kier alpha value is -1.93. The highest BCUT2D eigenvalue weighted by Crippen LogP contribution is 2.38. The Morgan fingerprint density at radius 1 is 1.22 bits per heavy atom. The SMILES string of the molecule is Cc1ccc(S(=O)(=O)N2CCCCC2)cc1NC(=O)COC(=O)[C@H]1C[C@@H]1C. The topological polar surface area (TPSA) is 92.8 Å². The van der Waals surface area contributed by atoms with Crippen molar-refractivity contribution >= 4 is 27.6 Å². The summed E-state index contributed by atoms with van der Waals surface area (Å²) in [4.78, 5) is 24.0. The van der Waals surface area contributed by atoms with Gasteiger partial charge in [-0.2, -0.15) is 4.31 Å². The molecule has 1 aliphatic heterocycles. The summed E-state index contributed by atoms with van der Waals surface area (Å²) in [6, 6.07) is 4.70. The molecule has 1 heterocycles. The zero-order valence-electron chi connectivity index (χ0n) is 15.7. The number of piperidine rings is 1. The van der Waals surface area contributed by atoms with Crippen LogP contribution >= 0.6 is 0 Å². The fourth-order valence-corrected chi connectivity index (χ4v) is 4.77. The maximum atomic E-state index is 12.8. The molecule has 0 spiro atoms. The van der Waals surface area contributed by atoms with Gasteiger partial charge in [0.05, 0.1) is 10.8 Å². The van der Waals surface area contributed by atoms with Crippen LogP contribution in [0.2, 0.25) is 0 Å². The van der Waals surface area contributed by atoms with Gasteiger partial charge >= 0.3 is 5.97 Å². The lowest BCUT2D eigenvalue weighted by atomic mass is 10.2. The average Bonchev–Trinajstić information content (AvgIpc) is 3.39. The van der Waals surface area contributed by atoms with E-state index in [1.807, 2.05) is 6.92 Å². The first kappa shape index (κ1) is 19.8. The van der Waals surface area contributed by atoms with Crippen molar-refractivity contribution in [3.63, 3.8) is 0 Å². The van der Waals surface area contributed by atoms with Gasteiger partial charge in [-0.15, -0.1) is 0 Å². The molecule has 1 saturated carbocycles. The second kappa shape index (κ2) is 7.98. The minimum absolute atomic E-state index is 0.0995. The normalized spacial score (nSPS) is 22.9. The highest BCUT2D eigenvalue weighted by molar-refractivity contribution is 7.89. The molecule has 0 aromatic heterocycles. The number of hydrogen-bond acceptors (Lipinski definition) is 5. The molecule has 1 aromatic carbocycles. The van der Waals surface area contributed by atoms with Crippen molar-refractivity contribution in [2.75, 3.05) is 25.0 Å². The number of nitrogens with zero attached hydrogens (tertiary/aromatic N) is 1. The largest absolute Gasteiger partial charge is 0.455 e. The second-order valence-corrected chi connectivity index (χ2v) is 9.35. The summed E-state index contributed by atoms with van der Waals surface area (Å²) in [5.74, 6) is -0.611. The van der Waals surface area contributed by atoms with Gasteiger partial charge in [-0.05, 0) is 49.8 Å². The molecule has 1 amide bonds. The Morgan fingerprint density at radius 2 is 1.89 bits per heavy atom. The number of benzene rings is 1. The smallest absolute Gasteiger partial charge is 0.309 e. The Morgan fingerprint density at radius 3 is 2.52 bits per heavy atom. The highest BCUT2D eigenvalue weighted by atomic mass is 32.2. The van der Waals surface area contributed by atoms with E-state index in [1.165, 1.54) is 10.4 Å². The molecule has 2 aliphatic rings. The van der Waals surface area contributed by atoms with Gasteiger partial charge in [0, 0.05) is 18.8 Å². The van der Waals surface area contributed by atoms with E-state index in [2.05, 4.69) is 5.32 Å². The van der Waals surface area contributed by atoms with Crippen LogP contribution in [0, 0.1) is 18.8 Å². The minimum atomic E-state index is -3.58. The van der Waals surface area contributed by atoms with Gasteiger partial charge in [0.15, 0.2) is 6.61 Å². The summed E-state index contributed by atoms with van der Waals surface area (Å²) >= 11 is 0. The number of nitrogens with one attached hydrogen (secondary N) is 1. The molecule has 0 unspecified atom stereocenters. The Bertz CT molecular complexity index is 831. The zero-order valence-corrected chi connectivity index (χ0v) is 16.5. The summed E-state index contributed by atoms with van der Waals surface area (Å²) in [6.07, 6.45) is 3.56. The predicted octanol–water partition coefficient (Wildman–Crippen LogP) is 2.31. The van der Waals surface area contributed by atoms with Crippen LogP contribution in [0.25, 0.3) is 0 Å². The molecule has 1 aromatic rings. The first-order valence-electron chi connectivity index (χ1n) is 9.36. The fraction of sp³-hybridized carbons (Fsp3) is 0.579. The molecule has 1 N–H and O–H groups in total. The first-order valence-corrected chi connectivity index (χ1v) is 10.8. The molecule has 1 aliphatic carbocycles. The molecular weight excluding hydrogens is 368 g/mol. The average molecular weight is 394 g/mol. The molecule has 8 heteroatoms. The number of carbonyl (C=O) groups excluding carboxylic acids is 2. The Balaban J connectivity index is 1.66. The number of anilines is 1. The van der Waals surface area contributed by atoms with E-state index in [1.54, 1.807) is 19.1 Å². The molecule has 2 fully saturated rings. The van der Waals surface area contributed by atoms with E-state index in [0.717, 1.165) is 31.2 Å². The van der Waals surface area contributed by atoms with Crippen molar-refractivity contribution in [2.45, 2.75) is 44.4 Å². The number of amides is 1. The lowest BCUT2D eigenvalue weighted by Crippen LogP contribution is -2.35. The third-order valence-electron chi connectivity index (χ3n) is 5.19. The summed E-state index contributed by atoms with van der Waals surface area (Å²) < 4.78 is 32.1. The summed E-state index contributed by atoms with van der Waals surface area (Å²) in [7, 11) is -3.58. The van der Waals surface area contributed by atoms with Crippen LogP contribution in [0.3, 0.4) is 0 Å². The van der Waals surface area contributed by atoms with Gasteiger partial charge in [-0.3, -0.25) is 9.59 Å². The van der Waals surface area contributed by atoms with Crippen molar-refractivity contribution in [3.05, 3.63) is 23.8 Å². The highest BCUT2D eigenvalue weighted by Gasteiger charge is 2.40. The molecule has 3 rings (SSSR count). The van der Waals surface area contributed by atoms with Crippen LogP contribution < -0.4 is 5.32 Å². The van der Waals surface area contributed by atoms with E-state index in [4.69, 9.17) is 4.74 Å². The third kappa shape index (κ3) is 4.68. The fourth-order valence-electron chi connectivity index (χ4n) is 3.23. The maximum absolute atomic E-state index is 12.8. The molecular formula is C19H26N2O5S. The van der Waals surface area contributed by atoms with Crippen molar-refractivity contribution in [1.29, 1.82) is 0 Å². The molecule has 7 nitrogen and oxygen atoms in total. The van der Waals surface area contributed by atoms with Gasteiger partial charge in [-0.25, -0.2) is 8.42 Å². The lowest BCUT2D eigenvalue weighted by Gasteiger charge is -2.26. The Labute approximate surface area is 160 Å². The molecule has 27 heavy (non-hydrogen) atoms. The molecule has 0 bridgehead atoms. The molecule has 1 saturated heterocycles. The molecule has 148 valence electrons. The van der Waals surface area contributed by atoms with E-state index in [0.29, 0.717) is 24.7 Å². The van der Waals surface area contributed by atoms with Gasteiger partial charge in [0.2, 0.25) is 10.0 Å². The maximum Gasteiger partial charge on any atom is 0.309 e. The number of aryl methyl sites for hydroxylation is 1. The van der Waals surface area contributed by atoms with Crippen LogP contribution in [0.1, 0.15) is 38.2 Å². The van der Waals surface area contributed by atoms with Crippen molar-refractivity contribution in [3.8, 4) is 0 Å².